The van der Waals surface area contributed by atoms with Crippen molar-refractivity contribution >= 4 is 11.6 Å². The molecule has 3 nitrogen and oxygen atoms in total. The lowest BCUT2D eigenvalue weighted by Crippen LogP contribution is -2.28. The normalized spacial score (nSPS) is 10.6. The number of carbonyl (C=O) groups is 1. The molecule has 0 aliphatic rings. The van der Waals surface area contributed by atoms with E-state index in [2.05, 4.69) is 31.3 Å². The number of hydrogen-bond donors (Lipinski definition) is 1. The van der Waals surface area contributed by atoms with Crippen molar-refractivity contribution in [1.82, 2.24) is 5.32 Å². The summed E-state index contributed by atoms with van der Waals surface area (Å²) in [5.41, 5.74) is 2.25. The van der Waals surface area contributed by atoms with Crippen molar-refractivity contribution in [3.8, 4) is 0 Å². The van der Waals surface area contributed by atoms with Crippen molar-refractivity contribution < 1.29 is 4.79 Å². The van der Waals surface area contributed by atoms with Crippen molar-refractivity contribution in [2.75, 3.05) is 25.5 Å². The Morgan fingerprint density at radius 3 is 2.35 bits per heavy atom. The van der Waals surface area contributed by atoms with Gasteiger partial charge in [-0.25, -0.2) is 0 Å². The van der Waals surface area contributed by atoms with E-state index in [4.69, 9.17) is 0 Å². The predicted octanol–water partition coefficient (Wildman–Crippen LogP) is 2.38. The first-order valence-corrected chi connectivity index (χ1v) is 6.07. The zero-order valence-corrected chi connectivity index (χ0v) is 11.2. The van der Waals surface area contributed by atoms with E-state index in [-0.39, 0.29) is 5.91 Å². The quantitative estimate of drug-likeness (QED) is 0.848. The molecule has 0 bridgehead atoms. The second kappa shape index (κ2) is 6.40. The fourth-order valence-electron chi connectivity index (χ4n) is 1.63. The van der Waals surface area contributed by atoms with Gasteiger partial charge in [0.15, 0.2) is 0 Å². The molecule has 0 fully saturated rings. The lowest BCUT2D eigenvalue weighted by molar-refractivity contribution is -0.118. The summed E-state index contributed by atoms with van der Waals surface area (Å²) in [5, 5.41) is 2.98. The molecule has 0 heterocycles. The molecule has 0 unspecified atom stereocenters. The highest BCUT2D eigenvalue weighted by atomic mass is 16.2. The molecule has 1 N–H and O–H groups in total. The van der Waals surface area contributed by atoms with Gasteiger partial charge in [0.1, 0.15) is 0 Å². The monoisotopic (exact) mass is 234 g/mol. The Hall–Kier alpha value is -1.35. The molecule has 1 aromatic carbocycles. The van der Waals surface area contributed by atoms with E-state index < -0.39 is 0 Å². The molecule has 0 aromatic heterocycles. The summed E-state index contributed by atoms with van der Waals surface area (Å²) in [7, 11) is 3.67. The second-order valence-electron chi connectivity index (χ2n) is 4.55. The highest BCUT2D eigenvalue weighted by Crippen LogP contribution is 2.19. The van der Waals surface area contributed by atoms with Crippen LogP contribution in [0.2, 0.25) is 0 Å². The Morgan fingerprint density at radius 2 is 1.88 bits per heavy atom. The number of benzene rings is 1. The van der Waals surface area contributed by atoms with E-state index in [1.807, 2.05) is 26.2 Å². The maximum absolute atomic E-state index is 11.8. The minimum Gasteiger partial charge on any atom is -0.319 e. The van der Waals surface area contributed by atoms with Gasteiger partial charge in [0, 0.05) is 25.7 Å². The first kappa shape index (κ1) is 13.7. The predicted molar refractivity (Wildman–Crippen MR) is 72.5 cm³/mol. The van der Waals surface area contributed by atoms with E-state index >= 15 is 0 Å². The first-order chi connectivity index (χ1) is 8.06. The Morgan fingerprint density at radius 1 is 1.29 bits per heavy atom. The summed E-state index contributed by atoms with van der Waals surface area (Å²) >= 11 is 0. The maximum atomic E-state index is 11.8. The second-order valence-corrected chi connectivity index (χ2v) is 4.55. The summed E-state index contributed by atoms with van der Waals surface area (Å²) in [4.78, 5) is 13.5. The van der Waals surface area contributed by atoms with Gasteiger partial charge in [-0.2, -0.15) is 0 Å². The minimum absolute atomic E-state index is 0.136. The number of nitrogens with zero attached hydrogens (tertiary/aromatic N) is 1. The lowest BCUT2D eigenvalue weighted by Gasteiger charge is -2.18. The van der Waals surface area contributed by atoms with E-state index in [0.717, 1.165) is 5.69 Å². The number of anilines is 1. The zero-order valence-electron chi connectivity index (χ0n) is 11.2. The number of nitrogens with one attached hydrogen (secondary N) is 1. The van der Waals surface area contributed by atoms with Gasteiger partial charge < -0.3 is 10.2 Å². The number of hydrogen-bond acceptors (Lipinski definition) is 2. The fraction of sp³-hybridized carbons (Fsp3) is 0.500. The van der Waals surface area contributed by atoms with Gasteiger partial charge in [-0.3, -0.25) is 4.79 Å². The van der Waals surface area contributed by atoms with Crippen LogP contribution in [0.15, 0.2) is 24.3 Å². The molecular weight excluding hydrogens is 212 g/mol. The van der Waals surface area contributed by atoms with Crippen LogP contribution in [0.25, 0.3) is 0 Å². The average molecular weight is 234 g/mol. The molecular formula is C14H22N2O. The molecule has 94 valence electrons. The SMILES string of the molecule is CNCCC(=O)N(C)c1ccc(C(C)C)cc1. The third-order valence-corrected chi connectivity index (χ3v) is 2.91. The molecule has 0 spiro atoms. The Bertz CT molecular complexity index is 357. The van der Waals surface area contributed by atoms with Crippen LogP contribution in [-0.2, 0) is 4.79 Å². The molecule has 1 rings (SSSR count). The molecule has 3 heteroatoms. The van der Waals surface area contributed by atoms with E-state index in [9.17, 15) is 4.79 Å². The van der Waals surface area contributed by atoms with Crippen molar-refractivity contribution in [2.24, 2.45) is 0 Å². The summed E-state index contributed by atoms with van der Waals surface area (Å²) in [5.74, 6) is 0.658. The lowest BCUT2D eigenvalue weighted by atomic mass is 10.0. The maximum Gasteiger partial charge on any atom is 0.227 e. The summed E-state index contributed by atoms with van der Waals surface area (Å²) in [6.07, 6.45) is 0.527. The third kappa shape index (κ3) is 3.86. The van der Waals surface area contributed by atoms with Gasteiger partial charge in [0.25, 0.3) is 0 Å². The Balaban J connectivity index is 2.69. The largest absolute Gasteiger partial charge is 0.319 e. The van der Waals surface area contributed by atoms with Crippen LogP contribution in [-0.4, -0.2) is 26.5 Å². The molecule has 0 saturated carbocycles. The highest BCUT2D eigenvalue weighted by molar-refractivity contribution is 5.92. The molecule has 0 aliphatic carbocycles. The average Bonchev–Trinajstić information content (AvgIpc) is 2.35. The summed E-state index contributed by atoms with van der Waals surface area (Å²) in [6, 6.07) is 8.18. The van der Waals surface area contributed by atoms with Crippen LogP contribution in [0.4, 0.5) is 5.69 Å². The number of amides is 1. The van der Waals surface area contributed by atoms with E-state index in [1.165, 1.54) is 5.56 Å². The molecule has 0 radical (unpaired) electrons. The van der Waals surface area contributed by atoms with Gasteiger partial charge in [-0.05, 0) is 30.7 Å². The van der Waals surface area contributed by atoms with Crippen molar-refractivity contribution in [3.63, 3.8) is 0 Å². The van der Waals surface area contributed by atoms with E-state index in [1.54, 1.807) is 4.90 Å². The fourth-order valence-corrected chi connectivity index (χ4v) is 1.63. The van der Waals surface area contributed by atoms with Gasteiger partial charge in [0.2, 0.25) is 5.91 Å². The van der Waals surface area contributed by atoms with Crippen molar-refractivity contribution in [3.05, 3.63) is 29.8 Å². The van der Waals surface area contributed by atoms with Crippen LogP contribution in [0.1, 0.15) is 31.7 Å². The van der Waals surface area contributed by atoms with Gasteiger partial charge >= 0.3 is 0 Å². The first-order valence-electron chi connectivity index (χ1n) is 6.07. The van der Waals surface area contributed by atoms with E-state index in [0.29, 0.717) is 18.9 Å². The summed E-state index contributed by atoms with van der Waals surface area (Å²) < 4.78 is 0. The van der Waals surface area contributed by atoms with Crippen LogP contribution in [0.5, 0.6) is 0 Å². The Kier molecular flexibility index (Phi) is 5.16. The topological polar surface area (TPSA) is 32.3 Å². The van der Waals surface area contributed by atoms with Crippen LogP contribution in [0, 0.1) is 0 Å². The standard InChI is InChI=1S/C14H22N2O/c1-11(2)12-5-7-13(8-6-12)16(4)14(17)9-10-15-3/h5-8,11,15H,9-10H2,1-4H3. The zero-order chi connectivity index (χ0) is 12.8. The molecule has 1 amide bonds. The van der Waals surface area contributed by atoms with Gasteiger partial charge in [-0.15, -0.1) is 0 Å². The number of carbonyl (C=O) groups excluding carboxylic acids is 1. The molecule has 1 aromatic rings. The van der Waals surface area contributed by atoms with Crippen molar-refractivity contribution in [1.29, 1.82) is 0 Å². The van der Waals surface area contributed by atoms with Gasteiger partial charge in [-0.1, -0.05) is 26.0 Å². The molecule has 17 heavy (non-hydrogen) atoms. The molecule has 0 atom stereocenters. The van der Waals surface area contributed by atoms with Crippen molar-refractivity contribution in [2.45, 2.75) is 26.2 Å². The summed E-state index contributed by atoms with van der Waals surface area (Å²) in [6.45, 7) is 5.04. The van der Waals surface area contributed by atoms with Gasteiger partial charge in [0.05, 0.1) is 0 Å². The smallest absolute Gasteiger partial charge is 0.227 e. The third-order valence-electron chi connectivity index (χ3n) is 2.91. The van der Waals surface area contributed by atoms with Crippen LogP contribution >= 0.6 is 0 Å². The highest BCUT2D eigenvalue weighted by Gasteiger charge is 2.10. The molecule has 0 saturated heterocycles. The number of rotatable bonds is 5. The van der Waals surface area contributed by atoms with Crippen LogP contribution < -0.4 is 10.2 Å². The minimum atomic E-state index is 0.136. The molecule has 0 aliphatic heterocycles. The van der Waals surface area contributed by atoms with Crippen LogP contribution in [0.3, 0.4) is 0 Å². The Labute approximate surface area is 104 Å².